The van der Waals surface area contributed by atoms with Crippen molar-refractivity contribution in [3.05, 3.63) is 0 Å². The van der Waals surface area contributed by atoms with Crippen LogP contribution >= 0.6 is 0 Å². The van der Waals surface area contributed by atoms with Gasteiger partial charge in [0.15, 0.2) is 0 Å². The Labute approximate surface area is 153 Å². The molecule has 24 heavy (non-hydrogen) atoms. The molecule has 2 nitrogen and oxygen atoms in total. The Hall–Kier alpha value is -0.0800. The molecule has 0 spiro atoms. The van der Waals surface area contributed by atoms with Gasteiger partial charge in [0.05, 0.1) is 26.2 Å². The minimum absolute atomic E-state index is 1.34. The van der Waals surface area contributed by atoms with Crippen LogP contribution in [0.2, 0.25) is 0 Å². The second-order valence-electron chi connectivity index (χ2n) is 8.26. The van der Waals surface area contributed by atoms with E-state index in [4.69, 9.17) is 0 Å². The fourth-order valence-corrected chi connectivity index (χ4v) is 4.48. The number of hydrogen-bond donors (Lipinski definition) is 0. The standard InChI is InChI=1S/C22H47N2/c1-4-7-8-9-10-11-12-13-14-15-16-23-17-21-24(19-5-2,20-6-3)22-18-23/h4-22H2,1-3H3/q+1. The second-order valence-corrected chi connectivity index (χ2v) is 8.26. The van der Waals surface area contributed by atoms with Gasteiger partial charge in [-0.15, -0.1) is 0 Å². The van der Waals surface area contributed by atoms with Crippen LogP contribution in [-0.2, 0) is 0 Å². The van der Waals surface area contributed by atoms with Gasteiger partial charge in [0.1, 0.15) is 0 Å². The summed E-state index contributed by atoms with van der Waals surface area (Å²) in [5, 5.41) is 0. The van der Waals surface area contributed by atoms with Gasteiger partial charge in [0.2, 0.25) is 0 Å². The Morgan fingerprint density at radius 3 is 1.50 bits per heavy atom. The number of quaternary nitrogens is 1. The minimum atomic E-state index is 1.34. The molecule has 1 heterocycles. The van der Waals surface area contributed by atoms with E-state index in [0.717, 1.165) is 0 Å². The summed E-state index contributed by atoms with van der Waals surface area (Å²) in [6.45, 7) is 16.7. The molecular weight excluding hydrogens is 292 g/mol. The van der Waals surface area contributed by atoms with Gasteiger partial charge in [-0.05, 0) is 25.8 Å². The van der Waals surface area contributed by atoms with E-state index in [2.05, 4.69) is 25.7 Å². The molecule has 0 atom stereocenters. The van der Waals surface area contributed by atoms with E-state index in [1.807, 2.05) is 0 Å². The van der Waals surface area contributed by atoms with Crippen molar-refractivity contribution < 1.29 is 4.48 Å². The summed E-state index contributed by atoms with van der Waals surface area (Å²) >= 11 is 0. The maximum absolute atomic E-state index is 2.74. The van der Waals surface area contributed by atoms with Crippen molar-refractivity contribution >= 4 is 0 Å². The van der Waals surface area contributed by atoms with Crippen LogP contribution < -0.4 is 0 Å². The van der Waals surface area contributed by atoms with Gasteiger partial charge >= 0.3 is 0 Å². The van der Waals surface area contributed by atoms with E-state index >= 15 is 0 Å². The molecular formula is C22H47N2+. The quantitative estimate of drug-likeness (QED) is 0.267. The number of nitrogens with zero attached hydrogens (tertiary/aromatic N) is 2. The first-order valence-electron chi connectivity index (χ1n) is 11.3. The molecule has 0 unspecified atom stereocenters. The molecule has 1 saturated heterocycles. The average molecular weight is 340 g/mol. The highest BCUT2D eigenvalue weighted by Crippen LogP contribution is 2.16. The van der Waals surface area contributed by atoms with Crippen molar-refractivity contribution in [3.63, 3.8) is 0 Å². The maximum Gasteiger partial charge on any atom is 0.0916 e. The maximum atomic E-state index is 2.74. The lowest BCUT2D eigenvalue weighted by Gasteiger charge is -2.45. The first-order chi connectivity index (χ1) is 11.8. The van der Waals surface area contributed by atoms with Crippen molar-refractivity contribution in [2.75, 3.05) is 45.8 Å². The van der Waals surface area contributed by atoms with Crippen molar-refractivity contribution in [3.8, 4) is 0 Å². The SMILES string of the molecule is CCCCCCCCCCCCN1CC[N+](CCC)(CCC)CC1. The third kappa shape index (κ3) is 9.42. The van der Waals surface area contributed by atoms with Gasteiger partial charge < -0.3 is 4.48 Å². The average Bonchev–Trinajstić information content (AvgIpc) is 2.59. The Morgan fingerprint density at radius 1 is 0.583 bits per heavy atom. The number of unbranched alkanes of at least 4 members (excludes halogenated alkanes) is 9. The Bertz CT molecular complexity index is 261. The lowest BCUT2D eigenvalue weighted by atomic mass is 10.1. The number of rotatable bonds is 15. The smallest absolute Gasteiger partial charge is 0.0916 e. The molecule has 0 aliphatic carbocycles. The first-order valence-corrected chi connectivity index (χ1v) is 11.3. The Kier molecular flexibility index (Phi) is 12.9. The van der Waals surface area contributed by atoms with E-state index in [1.54, 1.807) is 0 Å². The summed E-state index contributed by atoms with van der Waals surface area (Å²) in [5.41, 5.74) is 0. The topological polar surface area (TPSA) is 3.24 Å². The fraction of sp³-hybridized carbons (Fsp3) is 1.00. The molecule has 2 heteroatoms. The van der Waals surface area contributed by atoms with Crippen molar-refractivity contribution in [2.24, 2.45) is 0 Å². The van der Waals surface area contributed by atoms with E-state index in [9.17, 15) is 0 Å². The van der Waals surface area contributed by atoms with E-state index in [-0.39, 0.29) is 0 Å². The Balaban J connectivity index is 1.97. The molecule has 0 saturated carbocycles. The van der Waals surface area contributed by atoms with Crippen molar-refractivity contribution in [2.45, 2.75) is 97.8 Å². The second kappa shape index (κ2) is 14.1. The molecule has 1 fully saturated rings. The lowest BCUT2D eigenvalue weighted by Crippen LogP contribution is -2.60. The largest absolute Gasteiger partial charge is 0.322 e. The van der Waals surface area contributed by atoms with Gasteiger partial charge in [-0.3, -0.25) is 4.90 Å². The van der Waals surface area contributed by atoms with Crippen molar-refractivity contribution in [1.29, 1.82) is 0 Å². The molecule has 0 amide bonds. The summed E-state index contributed by atoms with van der Waals surface area (Å²) in [6.07, 6.45) is 17.2. The van der Waals surface area contributed by atoms with Crippen LogP contribution in [0.15, 0.2) is 0 Å². The third-order valence-corrected chi connectivity index (χ3v) is 6.00. The number of piperazine rings is 1. The normalized spacial score (nSPS) is 18.1. The summed E-state index contributed by atoms with van der Waals surface area (Å²) in [7, 11) is 0. The van der Waals surface area contributed by atoms with Crippen LogP contribution in [0.25, 0.3) is 0 Å². The zero-order valence-electron chi connectivity index (χ0n) is 17.3. The fourth-order valence-electron chi connectivity index (χ4n) is 4.48. The molecule has 0 bridgehead atoms. The zero-order chi connectivity index (χ0) is 17.5. The molecule has 1 aliphatic rings. The van der Waals surface area contributed by atoms with Crippen LogP contribution in [0, 0.1) is 0 Å². The predicted molar refractivity (Wildman–Crippen MR) is 109 cm³/mol. The summed E-state index contributed by atoms with van der Waals surface area (Å²) in [6, 6.07) is 0. The highest BCUT2D eigenvalue weighted by Gasteiger charge is 2.30. The Morgan fingerprint density at radius 2 is 1.04 bits per heavy atom. The van der Waals surface area contributed by atoms with Gasteiger partial charge in [0.25, 0.3) is 0 Å². The zero-order valence-corrected chi connectivity index (χ0v) is 17.3. The van der Waals surface area contributed by atoms with Crippen LogP contribution in [0.1, 0.15) is 97.8 Å². The van der Waals surface area contributed by atoms with Crippen LogP contribution in [0.3, 0.4) is 0 Å². The van der Waals surface area contributed by atoms with Gasteiger partial charge in [-0.1, -0.05) is 78.6 Å². The first kappa shape index (κ1) is 22.0. The monoisotopic (exact) mass is 339 g/mol. The molecule has 0 aromatic carbocycles. The third-order valence-electron chi connectivity index (χ3n) is 6.00. The van der Waals surface area contributed by atoms with Gasteiger partial charge in [-0.25, -0.2) is 0 Å². The van der Waals surface area contributed by atoms with Crippen LogP contribution in [0.4, 0.5) is 0 Å². The van der Waals surface area contributed by atoms with Gasteiger partial charge in [0, 0.05) is 13.1 Å². The molecule has 0 aromatic heterocycles. The molecule has 1 aliphatic heterocycles. The summed E-state index contributed by atoms with van der Waals surface area (Å²) in [5.74, 6) is 0. The summed E-state index contributed by atoms with van der Waals surface area (Å²) in [4.78, 5) is 2.74. The number of hydrogen-bond acceptors (Lipinski definition) is 1. The van der Waals surface area contributed by atoms with E-state index in [0.29, 0.717) is 0 Å². The predicted octanol–water partition coefficient (Wildman–Crippen LogP) is 5.86. The molecule has 144 valence electrons. The molecule has 1 rings (SSSR count). The highest BCUT2D eigenvalue weighted by atomic mass is 15.4. The molecule has 0 radical (unpaired) electrons. The van der Waals surface area contributed by atoms with Crippen molar-refractivity contribution in [1.82, 2.24) is 4.90 Å². The van der Waals surface area contributed by atoms with Crippen LogP contribution in [-0.4, -0.2) is 55.2 Å². The highest BCUT2D eigenvalue weighted by molar-refractivity contribution is 4.65. The van der Waals surface area contributed by atoms with E-state index < -0.39 is 0 Å². The van der Waals surface area contributed by atoms with Crippen LogP contribution in [0.5, 0.6) is 0 Å². The lowest BCUT2D eigenvalue weighted by molar-refractivity contribution is -0.932. The summed E-state index contributed by atoms with van der Waals surface area (Å²) < 4.78 is 1.40. The minimum Gasteiger partial charge on any atom is -0.322 e. The molecule has 0 N–H and O–H groups in total. The van der Waals surface area contributed by atoms with Gasteiger partial charge in [-0.2, -0.15) is 0 Å². The van der Waals surface area contributed by atoms with E-state index in [1.165, 1.54) is 127 Å². The molecule has 0 aromatic rings.